The van der Waals surface area contributed by atoms with Gasteiger partial charge in [-0.25, -0.2) is 4.39 Å². The predicted octanol–water partition coefficient (Wildman–Crippen LogP) is 3.83. The summed E-state index contributed by atoms with van der Waals surface area (Å²) in [6.07, 6.45) is 0. The second kappa shape index (κ2) is 10.1. The maximum atomic E-state index is 13.6. The molecule has 0 unspecified atom stereocenters. The number of piperazine rings is 1. The van der Waals surface area contributed by atoms with Crippen LogP contribution in [0, 0.1) is 5.82 Å². The number of carbonyl (C=O) groups excluding carboxylic acids is 1. The van der Waals surface area contributed by atoms with E-state index in [9.17, 15) is 9.18 Å². The predicted molar refractivity (Wildman–Crippen MR) is 110 cm³/mol. The standard InChI is InChI=1S/C20H23ClFN3OS/c21-16-5-1-3-7-18(16)23-20(26)15-25-11-9-24(10-12-25)13-14-27-19-8-4-2-6-17(19)22/h1-8H,9-15H2,(H,23,26). The van der Waals surface area contributed by atoms with Crippen LogP contribution in [0.15, 0.2) is 53.4 Å². The molecule has 144 valence electrons. The summed E-state index contributed by atoms with van der Waals surface area (Å²) in [5.74, 6) is 0.650. The van der Waals surface area contributed by atoms with Gasteiger partial charge in [-0.3, -0.25) is 14.6 Å². The van der Waals surface area contributed by atoms with Gasteiger partial charge in [0.1, 0.15) is 5.82 Å². The Balaban J connectivity index is 1.36. The number of halogens is 2. The van der Waals surface area contributed by atoms with Gasteiger partial charge in [0.15, 0.2) is 0 Å². The summed E-state index contributed by atoms with van der Waals surface area (Å²) in [5.41, 5.74) is 0.646. The maximum absolute atomic E-state index is 13.6. The summed E-state index contributed by atoms with van der Waals surface area (Å²) in [5, 5.41) is 3.41. The minimum absolute atomic E-state index is 0.0494. The molecule has 1 aliphatic heterocycles. The fraction of sp³-hybridized carbons (Fsp3) is 0.350. The van der Waals surface area contributed by atoms with Gasteiger partial charge in [-0.15, -0.1) is 11.8 Å². The highest BCUT2D eigenvalue weighted by Crippen LogP contribution is 2.22. The third kappa shape index (κ3) is 6.21. The number of thioether (sulfide) groups is 1. The van der Waals surface area contributed by atoms with E-state index in [1.807, 2.05) is 24.3 Å². The Morgan fingerprint density at radius 2 is 1.70 bits per heavy atom. The fourth-order valence-corrected chi connectivity index (χ4v) is 4.11. The minimum Gasteiger partial charge on any atom is -0.324 e. The minimum atomic E-state index is -0.156. The Kier molecular flexibility index (Phi) is 7.52. The SMILES string of the molecule is O=C(CN1CCN(CCSc2ccccc2F)CC1)Nc1ccccc1Cl. The quantitative estimate of drug-likeness (QED) is 0.707. The maximum Gasteiger partial charge on any atom is 0.238 e. The van der Waals surface area contributed by atoms with Crippen LogP contribution in [0.1, 0.15) is 0 Å². The van der Waals surface area contributed by atoms with E-state index in [1.165, 1.54) is 6.07 Å². The van der Waals surface area contributed by atoms with E-state index < -0.39 is 0 Å². The molecule has 0 aromatic heterocycles. The molecule has 2 aromatic rings. The van der Waals surface area contributed by atoms with Crippen molar-refractivity contribution in [1.29, 1.82) is 0 Å². The molecule has 27 heavy (non-hydrogen) atoms. The van der Waals surface area contributed by atoms with E-state index in [2.05, 4.69) is 15.1 Å². The monoisotopic (exact) mass is 407 g/mol. The second-order valence-corrected chi connectivity index (χ2v) is 7.97. The smallest absolute Gasteiger partial charge is 0.238 e. The van der Waals surface area contributed by atoms with Gasteiger partial charge in [0, 0.05) is 43.4 Å². The first-order valence-corrected chi connectivity index (χ1v) is 10.3. The van der Waals surface area contributed by atoms with Crippen LogP contribution >= 0.6 is 23.4 Å². The Morgan fingerprint density at radius 3 is 2.44 bits per heavy atom. The lowest BCUT2D eigenvalue weighted by molar-refractivity contribution is -0.117. The third-order valence-electron chi connectivity index (χ3n) is 4.48. The third-order valence-corrected chi connectivity index (χ3v) is 5.84. The van der Waals surface area contributed by atoms with Crippen LogP contribution in [0.3, 0.4) is 0 Å². The van der Waals surface area contributed by atoms with Crippen LogP contribution in [-0.4, -0.2) is 60.7 Å². The van der Waals surface area contributed by atoms with Crippen molar-refractivity contribution in [1.82, 2.24) is 9.80 Å². The number of hydrogen-bond donors (Lipinski definition) is 1. The van der Waals surface area contributed by atoms with E-state index in [0.717, 1.165) is 38.5 Å². The van der Waals surface area contributed by atoms with Crippen LogP contribution in [0.2, 0.25) is 5.02 Å². The summed E-state index contributed by atoms with van der Waals surface area (Å²) >= 11 is 7.62. The highest BCUT2D eigenvalue weighted by atomic mass is 35.5. The molecule has 0 bridgehead atoms. The Hall–Kier alpha value is -1.60. The molecule has 7 heteroatoms. The molecule has 1 saturated heterocycles. The number of rotatable bonds is 7. The fourth-order valence-electron chi connectivity index (χ4n) is 2.97. The zero-order valence-corrected chi connectivity index (χ0v) is 16.6. The molecule has 0 spiro atoms. The van der Waals surface area contributed by atoms with Crippen LogP contribution in [0.25, 0.3) is 0 Å². The van der Waals surface area contributed by atoms with Crippen LogP contribution in [0.4, 0.5) is 10.1 Å². The zero-order chi connectivity index (χ0) is 19.1. The topological polar surface area (TPSA) is 35.6 Å². The van der Waals surface area contributed by atoms with Crippen LogP contribution < -0.4 is 5.32 Å². The lowest BCUT2D eigenvalue weighted by Gasteiger charge is -2.34. The van der Waals surface area contributed by atoms with Crippen molar-refractivity contribution in [3.63, 3.8) is 0 Å². The molecule has 1 fully saturated rings. The van der Waals surface area contributed by atoms with Crippen molar-refractivity contribution >= 4 is 35.0 Å². The van der Waals surface area contributed by atoms with Gasteiger partial charge in [0.2, 0.25) is 5.91 Å². The second-order valence-electron chi connectivity index (χ2n) is 6.42. The average Bonchev–Trinajstić information content (AvgIpc) is 2.66. The van der Waals surface area contributed by atoms with E-state index in [-0.39, 0.29) is 11.7 Å². The normalized spacial score (nSPS) is 15.6. The average molecular weight is 408 g/mol. The number of para-hydroxylation sites is 1. The molecule has 0 radical (unpaired) electrons. The van der Waals surface area contributed by atoms with Gasteiger partial charge in [-0.05, 0) is 24.3 Å². The van der Waals surface area contributed by atoms with Gasteiger partial charge in [0.05, 0.1) is 17.3 Å². The highest BCUT2D eigenvalue weighted by Gasteiger charge is 2.19. The first-order valence-electron chi connectivity index (χ1n) is 8.98. The molecule has 1 aliphatic rings. The number of amides is 1. The molecule has 1 amide bonds. The number of hydrogen-bond acceptors (Lipinski definition) is 4. The van der Waals surface area contributed by atoms with Gasteiger partial charge < -0.3 is 5.32 Å². The Bertz CT molecular complexity index is 768. The molecule has 2 aromatic carbocycles. The molecule has 4 nitrogen and oxygen atoms in total. The Labute approximate surface area is 168 Å². The van der Waals surface area contributed by atoms with Crippen molar-refractivity contribution in [2.24, 2.45) is 0 Å². The summed E-state index contributed by atoms with van der Waals surface area (Å²) in [7, 11) is 0. The van der Waals surface area contributed by atoms with Crippen molar-refractivity contribution in [2.75, 3.05) is 50.3 Å². The van der Waals surface area contributed by atoms with Gasteiger partial charge in [0.25, 0.3) is 0 Å². The van der Waals surface area contributed by atoms with E-state index in [0.29, 0.717) is 22.2 Å². The summed E-state index contributed by atoms with van der Waals surface area (Å²) < 4.78 is 13.6. The van der Waals surface area contributed by atoms with E-state index in [4.69, 9.17) is 11.6 Å². The Morgan fingerprint density at radius 1 is 1.04 bits per heavy atom. The summed E-state index contributed by atoms with van der Waals surface area (Å²) in [4.78, 5) is 17.4. The first-order chi connectivity index (χ1) is 13.1. The molecular formula is C20H23ClFN3OS. The first kappa shape index (κ1) is 20.1. The molecule has 0 aliphatic carbocycles. The largest absolute Gasteiger partial charge is 0.324 e. The van der Waals surface area contributed by atoms with Crippen molar-refractivity contribution in [3.05, 3.63) is 59.4 Å². The lowest BCUT2D eigenvalue weighted by Crippen LogP contribution is -2.49. The van der Waals surface area contributed by atoms with Crippen molar-refractivity contribution in [3.8, 4) is 0 Å². The van der Waals surface area contributed by atoms with Gasteiger partial charge in [-0.1, -0.05) is 35.9 Å². The summed E-state index contributed by atoms with van der Waals surface area (Å²) in [6.45, 7) is 4.80. The lowest BCUT2D eigenvalue weighted by atomic mass is 10.3. The number of nitrogens with zero attached hydrogens (tertiary/aromatic N) is 2. The highest BCUT2D eigenvalue weighted by molar-refractivity contribution is 7.99. The molecule has 0 atom stereocenters. The zero-order valence-electron chi connectivity index (χ0n) is 15.0. The summed E-state index contributed by atoms with van der Waals surface area (Å²) in [6, 6.07) is 14.1. The number of benzene rings is 2. The molecule has 1 N–H and O–H groups in total. The van der Waals surface area contributed by atoms with Crippen molar-refractivity contribution in [2.45, 2.75) is 4.90 Å². The van der Waals surface area contributed by atoms with Crippen LogP contribution in [-0.2, 0) is 4.79 Å². The number of carbonyl (C=O) groups is 1. The molecule has 1 heterocycles. The van der Waals surface area contributed by atoms with Gasteiger partial charge in [-0.2, -0.15) is 0 Å². The molecule has 3 rings (SSSR count). The molecule has 0 saturated carbocycles. The van der Waals surface area contributed by atoms with Crippen LogP contribution in [0.5, 0.6) is 0 Å². The molecular weight excluding hydrogens is 385 g/mol. The van der Waals surface area contributed by atoms with E-state index in [1.54, 1.807) is 30.0 Å². The van der Waals surface area contributed by atoms with Gasteiger partial charge >= 0.3 is 0 Å². The van der Waals surface area contributed by atoms with E-state index >= 15 is 0 Å². The van der Waals surface area contributed by atoms with Crippen molar-refractivity contribution < 1.29 is 9.18 Å². The number of anilines is 1. The number of nitrogens with one attached hydrogen (secondary N) is 1.